The fourth-order valence-electron chi connectivity index (χ4n) is 4.27. The van der Waals surface area contributed by atoms with E-state index in [1.807, 2.05) is 16.8 Å². The Labute approximate surface area is 223 Å². The Balaban J connectivity index is 3.33. The first kappa shape index (κ1) is 32.4. The Morgan fingerprint density at radius 2 is 1.78 bits per heavy atom. The van der Waals surface area contributed by atoms with Crippen molar-refractivity contribution in [3.8, 4) is 0 Å². The second kappa shape index (κ2) is 17.8. The quantitative estimate of drug-likeness (QED) is 0.0983. The zero-order valence-corrected chi connectivity index (χ0v) is 23.6. The highest BCUT2D eigenvalue weighted by molar-refractivity contribution is 6.35. The molecule has 0 bridgehead atoms. The van der Waals surface area contributed by atoms with Crippen molar-refractivity contribution in [2.45, 2.75) is 91.9 Å². The van der Waals surface area contributed by atoms with Crippen LogP contribution in [0.2, 0.25) is 0 Å². The van der Waals surface area contributed by atoms with Gasteiger partial charge in [-0.25, -0.2) is 0 Å². The SMILES string of the molecule is C=CCCCn1cc(C(=CC(C=C(C)CCCCCC)C(C)C)CCNC(=O)C(=O)NC)c(C(O)O)c1. The molecule has 1 atom stereocenters. The van der Waals surface area contributed by atoms with E-state index >= 15 is 0 Å². The summed E-state index contributed by atoms with van der Waals surface area (Å²) in [5.74, 6) is -0.900. The molecule has 0 aromatic carbocycles. The molecule has 0 aliphatic rings. The summed E-state index contributed by atoms with van der Waals surface area (Å²) < 4.78 is 1.98. The van der Waals surface area contributed by atoms with Gasteiger partial charge < -0.3 is 25.4 Å². The van der Waals surface area contributed by atoms with Crippen LogP contribution in [-0.2, 0) is 16.1 Å². The van der Waals surface area contributed by atoms with Crippen molar-refractivity contribution < 1.29 is 19.8 Å². The van der Waals surface area contributed by atoms with Crippen LogP contribution in [0.4, 0.5) is 0 Å². The summed E-state index contributed by atoms with van der Waals surface area (Å²) in [4.78, 5) is 23.6. The third kappa shape index (κ3) is 12.0. The number of aliphatic hydroxyl groups excluding tert-OH is 1. The average Bonchev–Trinajstić information content (AvgIpc) is 3.29. The van der Waals surface area contributed by atoms with E-state index in [9.17, 15) is 19.8 Å². The Morgan fingerprint density at radius 3 is 2.38 bits per heavy atom. The molecule has 0 aliphatic carbocycles. The third-order valence-corrected chi connectivity index (χ3v) is 6.54. The van der Waals surface area contributed by atoms with E-state index < -0.39 is 18.1 Å². The summed E-state index contributed by atoms with van der Waals surface area (Å²) in [6.07, 6.45) is 16.6. The summed E-state index contributed by atoms with van der Waals surface area (Å²) in [6, 6.07) is 0. The highest BCUT2D eigenvalue weighted by Gasteiger charge is 2.19. The first-order chi connectivity index (χ1) is 17.6. The number of hydrogen-bond donors (Lipinski definition) is 4. The van der Waals surface area contributed by atoms with Crippen molar-refractivity contribution in [1.82, 2.24) is 15.2 Å². The number of carbonyl (C=O) groups excluding carboxylic acids is 2. The van der Waals surface area contributed by atoms with Crippen LogP contribution in [0.3, 0.4) is 0 Å². The molecule has 208 valence electrons. The molecule has 0 saturated heterocycles. The van der Waals surface area contributed by atoms with E-state index in [2.05, 4.69) is 57.1 Å². The van der Waals surface area contributed by atoms with Crippen LogP contribution in [0.1, 0.15) is 96.5 Å². The largest absolute Gasteiger partial charge is 0.364 e. The standard InChI is InChI=1S/C30H49N3O4/c1-7-9-11-12-14-23(5)18-25(22(3)4)19-24(15-16-32-29(35)28(34)31-6)26-20-33(17-13-10-8-2)21-27(26)30(36)37/h8,18-22,25,30,36-37H,2,7,9-17H2,1,3-6H3,(H,31,34)(H,32,35). The van der Waals surface area contributed by atoms with E-state index in [-0.39, 0.29) is 12.5 Å². The van der Waals surface area contributed by atoms with Gasteiger partial charge in [0.2, 0.25) is 0 Å². The van der Waals surface area contributed by atoms with E-state index in [4.69, 9.17) is 0 Å². The molecule has 7 heteroatoms. The fraction of sp³-hybridized carbons (Fsp3) is 0.600. The van der Waals surface area contributed by atoms with Crippen LogP contribution < -0.4 is 10.6 Å². The first-order valence-electron chi connectivity index (χ1n) is 13.7. The number of allylic oxidation sites excluding steroid dienone is 4. The lowest BCUT2D eigenvalue weighted by atomic mass is 9.88. The van der Waals surface area contributed by atoms with Crippen molar-refractivity contribution in [1.29, 1.82) is 0 Å². The Kier molecular flexibility index (Phi) is 15.5. The van der Waals surface area contributed by atoms with Crippen LogP contribution in [0, 0.1) is 11.8 Å². The van der Waals surface area contributed by atoms with Crippen molar-refractivity contribution >= 4 is 17.4 Å². The van der Waals surface area contributed by atoms with Crippen LogP contribution in [0.15, 0.2) is 42.8 Å². The number of aromatic nitrogens is 1. The topological polar surface area (TPSA) is 104 Å². The predicted octanol–water partition coefficient (Wildman–Crippen LogP) is 5.26. The van der Waals surface area contributed by atoms with Crippen molar-refractivity contribution in [2.75, 3.05) is 13.6 Å². The first-order valence-corrected chi connectivity index (χ1v) is 13.7. The minimum atomic E-state index is -1.62. The van der Waals surface area contributed by atoms with Crippen LogP contribution in [0.25, 0.3) is 5.57 Å². The van der Waals surface area contributed by atoms with E-state index in [0.29, 0.717) is 17.9 Å². The Bertz CT molecular complexity index is 912. The zero-order chi connectivity index (χ0) is 27.8. The van der Waals surface area contributed by atoms with Gasteiger partial charge in [0, 0.05) is 43.7 Å². The number of likely N-dealkylation sites (N-methyl/N-ethyl adjacent to an activating group) is 1. The molecular weight excluding hydrogens is 466 g/mol. The zero-order valence-electron chi connectivity index (χ0n) is 23.6. The van der Waals surface area contributed by atoms with Crippen LogP contribution in [-0.4, -0.2) is 40.2 Å². The molecule has 37 heavy (non-hydrogen) atoms. The summed E-state index contributed by atoms with van der Waals surface area (Å²) in [5.41, 5.74) is 3.45. The normalized spacial score (nSPS) is 13.2. The van der Waals surface area contributed by atoms with Gasteiger partial charge in [-0.15, -0.1) is 6.58 Å². The smallest absolute Gasteiger partial charge is 0.309 e. The predicted molar refractivity (Wildman–Crippen MR) is 152 cm³/mol. The van der Waals surface area contributed by atoms with Gasteiger partial charge in [0.05, 0.1) is 0 Å². The number of unbranched alkanes of at least 4 members (excludes halogenated alkanes) is 4. The number of nitrogens with zero attached hydrogens (tertiary/aromatic N) is 1. The second-order valence-corrected chi connectivity index (χ2v) is 10.1. The van der Waals surface area contributed by atoms with Gasteiger partial charge in [0.25, 0.3) is 0 Å². The lowest BCUT2D eigenvalue weighted by molar-refractivity contribution is -0.138. The molecule has 0 aliphatic heterocycles. The number of carbonyl (C=O) groups is 2. The minimum absolute atomic E-state index is 0.142. The number of hydrogen-bond acceptors (Lipinski definition) is 4. The van der Waals surface area contributed by atoms with Gasteiger partial charge in [-0.3, -0.25) is 9.59 Å². The van der Waals surface area contributed by atoms with Gasteiger partial charge in [-0.1, -0.05) is 63.8 Å². The average molecular weight is 516 g/mol. The number of nitrogens with one attached hydrogen (secondary N) is 2. The van der Waals surface area contributed by atoms with E-state index in [0.717, 1.165) is 36.9 Å². The molecule has 1 heterocycles. The Hall–Kier alpha value is -2.64. The molecule has 1 unspecified atom stereocenters. The molecular formula is C30H49N3O4. The molecule has 2 amide bonds. The van der Waals surface area contributed by atoms with Crippen molar-refractivity contribution in [3.63, 3.8) is 0 Å². The Morgan fingerprint density at radius 1 is 1.05 bits per heavy atom. The van der Waals surface area contributed by atoms with Gasteiger partial charge in [0.15, 0.2) is 6.29 Å². The molecule has 0 fully saturated rings. The summed E-state index contributed by atoms with van der Waals surface area (Å²) in [5, 5.41) is 25.3. The lowest BCUT2D eigenvalue weighted by Gasteiger charge is -2.19. The maximum absolute atomic E-state index is 12.0. The lowest BCUT2D eigenvalue weighted by Crippen LogP contribution is -2.38. The minimum Gasteiger partial charge on any atom is -0.364 e. The van der Waals surface area contributed by atoms with Gasteiger partial charge in [-0.05, 0) is 56.4 Å². The summed E-state index contributed by atoms with van der Waals surface area (Å²) in [6.45, 7) is 13.5. The molecule has 0 spiro atoms. The fourth-order valence-corrected chi connectivity index (χ4v) is 4.27. The second-order valence-electron chi connectivity index (χ2n) is 10.1. The molecule has 1 rings (SSSR count). The van der Waals surface area contributed by atoms with Crippen molar-refractivity contribution in [2.24, 2.45) is 11.8 Å². The maximum atomic E-state index is 12.0. The number of rotatable bonds is 17. The van der Waals surface area contributed by atoms with Crippen molar-refractivity contribution in [3.05, 3.63) is 53.9 Å². The molecule has 0 radical (unpaired) electrons. The molecule has 4 N–H and O–H groups in total. The van der Waals surface area contributed by atoms with Crippen LogP contribution in [0.5, 0.6) is 0 Å². The molecule has 0 saturated carbocycles. The molecule has 7 nitrogen and oxygen atoms in total. The molecule has 1 aromatic heterocycles. The molecule has 1 aromatic rings. The maximum Gasteiger partial charge on any atom is 0.309 e. The number of aryl methyl sites for hydroxylation is 1. The summed E-state index contributed by atoms with van der Waals surface area (Å²) >= 11 is 0. The van der Waals surface area contributed by atoms with Gasteiger partial charge in [0.1, 0.15) is 0 Å². The summed E-state index contributed by atoms with van der Waals surface area (Å²) in [7, 11) is 1.42. The van der Waals surface area contributed by atoms with Gasteiger partial charge >= 0.3 is 11.8 Å². The van der Waals surface area contributed by atoms with Crippen LogP contribution >= 0.6 is 0 Å². The van der Waals surface area contributed by atoms with Gasteiger partial charge in [-0.2, -0.15) is 0 Å². The number of aliphatic hydroxyl groups is 2. The highest BCUT2D eigenvalue weighted by Crippen LogP contribution is 2.31. The van der Waals surface area contributed by atoms with E-state index in [1.54, 1.807) is 6.20 Å². The highest BCUT2D eigenvalue weighted by atomic mass is 16.5. The third-order valence-electron chi connectivity index (χ3n) is 6.54. The monoisotopic (exact) mass is 515 g/mol. The number of amides is 2. The van der Waals surface area contributed by atoms with E-state index in [1.165, 1.54) is 38.3 Å².